The minimum Gasteiger partial charge on any atom is -0.496 e. The normalized spacial score (nSPS) is 10.1. The zero-order valence-electron chi connectivity index (χ0n) is 12.1. The SMILES string of the molecule is COc1ccc(C(=O)Nc2cc(Cl)ccc2OC)cc1C. The first kappa shape index (κ1) is 15.2. The summed E-state index contributed by atoms with van der Waals surface area (Å²) in [5.41, 5.74) is 1.96. The molecule has 21 heavy (non-hydrogen) atoms. The Bertz CT molecular complexity index is 671. The third-order valence-electron chi connectivity index (χ3n) is 3.07. The van der Waals surface area contributed by atoms with Crippen molar-refractivity contribution in [3.63, 3.8) is 0 Å². The fourth-order valence-corrected chi connectivity index (χ4v) is 2.16. The van der Waals surface area contributed by atoms with E-state index in [0.717, 1.165) is 11.3 Å². The van der Waals surface area contributed by atoms with Gasteiger partial charge >= 0.3 is 0 Å². The van der Waals surface area contributed by atoms with E-state index in [1.165, 1.54) is 7.11 Å². The van der Waals surface area contributed by atoms with Crippen LogP contribution < -0.4 is 14.8 Å². The molecular weight excluding hydrogens is 290 g/mol. The molecule has 0 aliphatic carbocycles. The summed E-state index contributed by atoms with van der Waals surface area (Å²) in [4.78, 5) is 12.3. The van der Waals surface area contributed by atoms with Crippen LogP contribution in [0.5, 0.6) is 11.5 Å². The Morgan fingerprint density at radius 3 is 2.33 bits per heavy atom. The molecule has 0 saturated carbocycles. The third kappa shape index (κ3) is 3.47. The molecule has 1 N–H and O–H groups in total. The topological polar surface area (TPSA) is 47.6 Å². The van der Waals surface area contributed by atoms with Gasteiger partial charge in [0, 0.05) is 10.6 Å². The Hall–Kier alpha value is -2.20. The van der Waals surface area contributed by atoms with Crippen molar-refractivity contribution in [1.82, 2.24) is 0 Å². The van der Waals surface area contributed by atoms with Crippen LogP contribution in [0.15, 0.2) is 36.4 Å². The number of aryl methyl sites for hydroxylation is 1. The first-order chi connectivity index (χ1) is 10.0. The quantitative estimate of drug-likeness (QED) is 0.931. The average molecular weight is 306 g/mol. The molecular formula is C16H16ClNO3. The van der Waals surface area contributed by atoms with Gasteiger partial charge in [0.15, 0.2) is 0 Å². The number of methoxy groups -OCH3 is 2. The largest absolute Gasteiger partial charge is 0.496 e. The van der Waals surface area contributed by atoms with Crippen LogP contribution in [-0.2, 0) is 0 Å². The van der Waals surface area contributed by atoms with Crippen LogP contribution in [0.25, 0.3) is 0 Å². The lowest BCUT2D eigenvalue weighted by Gasteiger charge is -2.11. The number of anilines is 1. The van der Waals surface area contributed by atoms with Gasteiger partial charge in [-0.15, -0.1) is 0 Å². The van der Waals surface area contributed by atoms with Crippen LogP contribution in [0.2, 0.25) is 5.02 Å². The van der Waals surface area contributed by atoms with Crippen LogP contribution in [0.4, 0.5) is 5.69 Å². The van der Waals surface area contributed by atoms with Gasteiger partial charge in [-0.2, -0.15) is 0 Å². The second kappa shape index (κ2) is 6.50. The molecule has 0 unspecified atom stereocenters. The molecule has 1 amide bonds. The van der Waals surface area contributed by atoms with E-state index in [4.69, 9.17) is 21.1 Å². The van der Waals surface area contributed by atoms with Crippen molar-refractivity contribution in [1.29, 1.82) is 0 Å². The van der Waals surface area contributed by atoms with Crippen LogP contribution >= 0.6 is 11.6 Å². The molecule has 0 radical (unpaired) electrons. The van der Waals surface area contributed by atoms with Crippen LogP contribution in [0.3, 0.4) is 0 Å². The van der Waals surface area contributed by atoms with Crippen molar-refractivity contribution in [3.05, 3.63) is 52.5 Å². The Morgan fingerprint density at radius 1 is 1.05 bits per heavy atom. The van der Waals surface area contributed by atoms with E-state index in [-0.39, 0.29) is 5.91 Å². The molecule has 0 aromatic heterocycles. The fourth-order valence-electron chi connectivity index (χ4n) is 1.99. The molecule has 5 heteroatoms. The molecule has 0 spiro atoms. The number of amides is 1. The van der Waals surface area contributed by atoms with Crippen molar-refractivity contribution in [3.8, 4) is 11.5 Å². The monoisotopic (exact) mass is 305 g/mol. The van der Waals surface area contributed by atoms with E-state index in [9.17, 15) is 4.79 Å². The van der Waals surface area contributed by atoms with E-state index < -0.39 is 0 Å². The summed E-state index contributed by atoms with van der Waals surface area (Å²) in [5, 5.41) is 3.32. The van der Waals surface area contributed by atoms with Crippen LogP contribution in [0.1, 0.15) is 15.9 Å². The first-order valence-corrected chi connectivity index (χ1v) is 6.72. The molecule has 2 aromatic carbocycles. The Labute approximate surface area is 128 Å². The number of carbonyl (C=O) groups excluding carboxylic acids is 1. The minimum atomic E-state index is -0.235. The molecule has 0 fully saturated rings. The van der Waals surface area contributed by atoms with Crippen molar-refractivity contribution >= 4 is 23.2 Å². The number of carbonyl (C=O) groups is 1. The van der Waals surface area contributed by atoms with Gasteiger partial charge in [0.2, 0.25) is 0 Å². The van der Waals surface area contributed by atoms with Crippen LogP contribution in [-0.4, -0.2) is 20.1 Å². The molecule has 110 valence electrons. The number of hydrogen-bond donors (Lipinski definition) is 1. The van der Waals surface area contributed by atoms with E-state index >= 15 is 0 Å². The number of ether oxygens (including phenoxy) is 2. The highest BCUT2D eigenvalue weighted by molar-refractivity contribution is 6.31. The zero-order valence-corrected chi connectivity index (χ0v) is 12.8. The van der Waals surface area contributed by atoms with Gasteiger partial charge in [-0.3, -0.25) is 4.79 Å². The molecule has 2 aromatic rings. The fraction of sp³-hybridized carbons (Fsp3) is 0.188. The summed E-state index contributed by atoms with van der Waals surface area (Å²) >= 11 is 5.94. The summed E-state index contributed by atoms with van der Waals surface area (Å²) in [6.45, 7) is 1.88. The van der Waals surface area contributed by atoms with Gasteiger partial charge in [0.25, 0.3) is 5.91 Å². The number of rotatable bonds is 4. The Kier molecular flexibility index (Phi) is 4.70. The summed E-state index contributed by atoms with van der Waals surface area (Å²) in [5.74, 6) is 1.06. The molecule has 4 nitrogen and oxygen atoms in total. The molecule has 0 saturated heterocycles. The van der Waals surface area contributed by atoms with Gasteiger partial charge in [0.05, 0.1) is 19.9 Å². The standard InChI is InChI=1S/C16H16ClNO3/c1-10-8-11(4-6-14(10)20-2)16(19)18-13-9-12(17)5-7-15(13)21-3/h4-9H,1-3H3,(H,18,19). The third-order valence-corrected chi connectivity index (χ3v) is 3.30. The second-order valence-electron chi connectivity index (χ2n) is 4.48. The predicted molar refractivity (Wildman–Crippen MR) is 83.7 cm³/mol. The highest BCUT2D eigenvalue weighted by Crippen LogP contribution is 2.28. The first-order valence-electron chi connectivity index (χ1n) is 6.34. The predicted octanol–water partition coefficient (Wildman–Crippen LogP) is 3.92. The highest BCUT2D eigenvalue weighted by Gasteiger charge is 2.11. The maximum absolute atomic E-state index is 12.3. The number of halogens is 1. The zero-order chi connectivity index (χ0) is 15.4. The van der Waals surface area contributed by atoms with Gasteiger partial charge < -0.3 is 14.8 Å². The number of hydrogen-bond acceptors (Lipinski definition) is 3. The summed E-state index contributed by atoms with van der Waals surface area (Å²) in [6.07, 6.45) is 0. The minimum absolute atomic E-state index is 0.235. The lowest BCUT2D eigenvalue weighted by Crippen LogP contribution is -2.13. The smallest absolute Gasteiger partial charge is 0.255 e. The average Bonchev–Trinajstić information content (AvgIpc) is 2.47. The van der Waals surface area contributed by atoms with Gasteiger partial charge in [-0.05, 0) is 48.9 Å². The second-order valence-corrected chi connectivity index (χ2v) is 4.92. The summed E-state index contributed by atoms with van der Waals surface area (Å²) < 4.78 is 10.4. The summed E-state index contributed by atoms with van der Waals surface area (Å²) in [6, 6.07) is 10.3. The highest BCUT2D eigenvalue weighted by atomic mass is 35.5. The Morgan fingerprint density at radius 2 is 1.71 bits per heavy atom. The van der Waals surface area contributed by atoms with Gasteiger partial charge in [-0.1, -0.05) is 11.6 Å². The van der Waals surface area contributed by atoms with E-state index in [1.807, 2.05) is 6.92 Å². The van der Waals surface area contributed by atoms with Crippen molar-refractivity contribution < 1.29 is 14.3 Å². The number of benzene rings is 2. The van der Waals surface area contributed by atoms with Crippen molar-refractivity contribution in [2.75, 3.05) is 19.5 Å². The molecule has 0 aliphatic rings. The van der Waals surface area contributed by atoms with E-state index in [2.05, 4.69) is 5.32 Å². The maximum Gasteiger partial charge on any atom is 0.255 e. The lowest BCUT2D eigenvalue weighted by atomic mass is 10.1. The van der Waals surface area contributed by atoms with Gasteiger partial charge in [-0.25, -0.2) is 0 Å². The van der Waals surface area contributed by atoms with Crippen molar-refractivity contribution in [2.24, 2.45) is 0 Å². The lowest BCUT2D eigenvalue weighted by molar-refractivity contribution is 0.102. The van der Waals surface area contributed by atoms with E-state index in [0.29, 0.717) is 22.0 Å². The molecule has 0 bridgehead atoms. The molecule has 0 aliphatic heterocycles. The maximum atomic E-state index is 12.3. The van der Waals surface area contributed by atoms with Crippen LogP contribution in [0, 0.1) is 6.92 Å². The van der Waals surface area contributed by atoms with E-state index in [1.54, 1.807) is 43.5 Å². The molecule has 0 atom stereocenters. The Balaban J connectivity index is 2.26. The van der Waals surface area contributed by atoms with Gasteiger partial charge in [0.1, 0.15) is 11.5 Å². The summed E-state index contributed by atoms with van der Waals surface area (Å²) in [7, 11) is 3.13. The molecule has 0 heterocycles. The van der Waals surface area contributed by atoms with Crippen molar-refractivity contribution in [2.45, 2.75) is 6.92 Å². The number of nitrogens with one attached hydrogen (secondary N) is 1. The molecule has 2 rings (SSSR count).